The van der Waals surface area contributed by atoms with Crippen LogP contribution >= 0.6 is 0 Å². The monoisotopic (exact) mass is 287 g/mol. The Hall–Kier alpha value is -1.69. The van der Waals surface area contributed by atoms with Crippen LogP contribution in [0.3, 0.4) is 0 Å². The van der Waals surface area contributed by atoms with Gasteiger partial charge in [-0.15, -0.1) is 0 Å². The van der Waals surface area contributed by atoms with E-state index in [-0.39, 0.29) is 12.0 Å². The molecule has 0 aromatic heterocycles. The standard InChI is InChI=1S/C14H19F2NO3/c1-14(2,3)17(13(19)20)9(8-18)7-10-11(15)5-4-6-12(10)16/h4-6,9,18H,7-8H2,1-3H3,(H,19,20)/t9-/m0/s1. The van der Waals surface area contributed by atoms with Crippen LogP contribution in [0.15, 0.2) is 18.2 Å². The zero-order chi connectivity index (χ0) is 15.5. The molecule has 1 rings (SSSR count). The molecule has 0 aliphatic heterocycles. The van der Waals surface area contributed by atoms with Gasteiger partial charge in [-0.25, -0.2) is 13.6 Å². The third kappa shape index (κ3) is 3.66. The van der Waals surface area contributed by atoms with Crippen molar-refractivity contribution in [3.63, 3.8) is 0 Å². The molecule has 20 heavy (non-hydrogen) atoms. The lowest BCUT2D eigenvalue weighted by molar-refractivity contribution is 0.0458. The van der Waals surface area contributed by atoms with Gasteiger partial charge in [0.25, 0.3) is 0 Å². The third-order valence-corrected chi connectivity index (χ3v) is 3.01. The van der Waals surface area contributed by atoms with E-state index in [2.05, 4.69) is 0 Å². The molecule has 0 spiro atoms. The number of benzene rings is 1. The number of carboxylic acid groups (broad SMARTS) is 1. The number of rotatable bonds is 4. The first-order chi connectivity index (χ1) is 9.18. The minimum absolute atomic E-state index is 0.220. The van der Waals surface area contributed by atoms with E-state index in [4.69, 9.17) is 0 Å². The lowest BCUT2D eigenvalue weighted by atomic mass is 9.98. The topological polar surface area (TPSA) is 60.8 Å². The van der Waals surface area contributed by atoms with Crippen molar-refractivity contribution in [2.45, 2.75) is 38.8 Å². The summed E-state index contributed by atoms with van der Waals surface area (Å²) in [6.45, 7) is 4.45. The number of nitrogens with zero attached hydrogens (tertiary/aromatic N) is 1. The fraction of sp³-hybridized carbons (Fsp3) is 0.500. The van der Waals surface area contributed by atoms with Crippen molar-refractivity contribution in [1.29, 1.82) is 0 Å². The first-order valence-electron chi connectivity index (χ1n) is 6.24. The van der Waals surface area contributed by atoms with Crippen LogP contribution in [0.5, 0.6) is 0 Å². The molecule has 0 saturated heterocycles. The van der Waals surface area contributed by atoms with E-state index in [0.29, 0.717) is 0 Å². The van der Waals surface area contributed by atoms with Gasteiger partial charge < -0.3 is 10.2 Å². The lowest BCUT2D eigenvalue weighted by Gasteiger charge is -2.39. The van der Waals surface area contributed by atoms with Gasteiger partial charge in [0.05, 0.1) is 12.6 Å². The summed E-state index contributed by atoms with van der Waals surface area (Å²) in [5, 5.41) is 18.7. The van der Waals surface area contributed by atoms with Crippen LogP contribution in [0.4, 0.5) is 13.6 Å². The number of amides is 1. The quantitative estimate of drug-likeness (QED) is 0.895. The maximum absolute atomic E-state index is 13.6. The Kier molecular flexibility index (Phi) is 5.05. The maximum atomic E-state index is 13.6. The van der Waals surface area contributed by atoms with E-state index in [1.165, 1.54) is 6.07 Å². The summed E-state index contributed by atoms with van der Waals surface area (Å²) in [4.78, 5) is 12.3. The zero-order valence-corrected chi connectivity index (χ0v) is 11.7. The number of aliphatic hydroxyl groups is 1. The molecule has 0 fully saturated rings. The Morgan fingerprint density at radius 2 is 1.80 bits per heavy atom. The van der Waals surface area contributed by atoms with E-state index >= 15 is 0 Å². The second-order valence-electron chi connectivity index (χ2n) is 5.56. The van der Waals surface area contributed by atoms with Gasteiger partial charge in [0.2, 0.25) is 0 Å². The molecule has 1 aromatic rings. The van der Waals surface area contributed by atoms with Gasteiger partial charge in [0.15, 0.2) is 0 Å². The van der Waals surface area contributed by atoms with Gasteiger partial charge in [0.1, 0.15) is 11.6 Å². The highest BCUT2D eigenvalue weighted by Gasteiger charge is 2.33. The smallest absolute Gasteiger partial charge is 0.408 e. The highest BCUT2D eigenvalue weighted by Crippen LogP contribution is 2.22. The SMILES string of the molecule is CC(C)(C)N(C(=O)O)[C@H](CO)Cc1c(F)cccc1F. The first kappa shape index (κ1) is 16.4. The Labute approximate surface area is 116 Å². The molecule has 0 aliphatic carbocycles. The third-order valence-electron chi connectivity index (χ3n) is 3.01. The predicted octanol–water partition coefficient (Wildman–Crippen LogP) is 2.65. The van der Waals surface area contributed by atoms with Gasteiger partial charge in [0, 0.05) is 17.5 Å². The lowest BCUT2D eigenvalue weighted by Crippen LogP contribution is -2.53. The van der Waals surface area contributed by atoms with Crippen LogP contribution in [0.1, 0.15) is 26.3 Å². The highest BCUT2D eigenvalue weighted by atomic mass is 19.1. The summed E-state index contributed by atoms with van der Waals surface area (Å²) in [6.07, 6.45) is -1.47. The van der Waals surface area contributed by atoms with Crippen LogP contribution in [0.2, 0.25) is 0 Å². The fourth-order valence-corrected chi connectivity index (χ4v) is 2.19. The van der Waals surface area contributed by atoms with Crippen LogP contribution in [0.25, 0.3) is 0 Å². The van der Waals surface area contributed by atoms with Crippen LogP contribution in [-0.4, -0.2) is 39.4 Å². The summed E-state index contributed by atoms with van der Waals surface area (Å²) in [7, 11) is 0. The summed E-state index contributed by atoms with van der Waals surface area (Å²) < 4.78 is 27.2. The van der Waals surface area contributed by atoms with Crippen LogP contribution < -0.4 is 0 Å². The molecule has 0 unspecified atom stereocenters. The molecule has 0 bridgehead atoms. The van der Waals surface area contributed by atoms with Crippen molar-refractivity contribution < 1.29 is 23.8 Å². The van der Waals surface area contributed by atoms with Crippen LogP contribution in [-0.2, 0) is 6.42 Å². The molecule has 2 N–H and O–H groups in total. The average Bonchev–Trinajstić information content (AvgIpc) is 2.30. The minimum atomic E-state index is -1.24. The Morgan fingerprint density at radius 3 is 2.15 bits per heavy atom. The normalized spacial score (nSPS) is 13.1. The van der Waals surface area contributed by atoms with Gasteiger partial charge in [-0.05, 0) is 32.9 Å². The Bertz CT molecular complexity index is 466. The second-order valence-corrected chi connectivity index (χ2v) is 5.56. The molecular formula is C14H19F2NO3. The second kappa shape index (κ2) is 6.17. The molecule has 1 aromatic carbocycles. The molecule has 6 heteroatoms. The van der Waals surface area contributed by atoms with Crippen molar-refractivity contribution in [2.75, 3.05) is 6.61 Å². The Morgan fingerprint density at radius 1 is 1.30 bits per heavy atom. The summed E-state index contributed by atoms with van der Waals surface area (Å²) in [6, 6.07) is 2.53. The van der Waals surface area contributed by atoms with E-state index < -0.39 is 35.9 Å². The minimum Gasteiger partial charge on any atom is -0.465 e. The molecule has 112 valence electrons. The molecule has 0 heterocycles. The van der Waals surface area contributed by atoms with E-state index in [0.717, 1.165) is 17.0 Å². The van der Waals surface area contributed by atoms with Crippen molar-refractivity contribution in [3.05, 3.63) is 35.4 Å². The van der Waals surface area contributed by atoms with Crippen molar-refractivity contribution in [2.24, 2.45) is 0 Å². The van der Waals surface area contributed by atoms with Gasteiger partial charge in [-0.2, -0.15) is 0 Å². The first-order valence-corrected chi connectivity index (χ1v) is 6.24. The van der Waals surface area contributed by atoms with E-state index in [1.807, 2.05) is 0 Å². The van der Waals surface area contributed by atoms with Crippen molar-refractivity contribution >= 4 is 6.09 Å². The predicted molar refractivity (Wildman–Crippen MR) is 70.6 cm³/mol. The summed E-state index contributed by atoms with van der Waals surface area (Å²) >= 11 is 0. The Balaban J connectivity index is 3.10. The number of hydrogen-bond acceptors (Lipinski definition) is 2. The molecule has 0 saturated carbocycles. The van der Waals surface area contributed by atoms with Gasteiger partial charge in [-0.1, -0.05) is 6.07 Å². The average molecular weight is 287 g/mol. The summed E-state index contributed by atoms with van der Waals surface area (Å²) in [5.41, 5.74) is -1.01. The molecule has 1 amide bonds. The molecule has 0 radical (unpaired) electrons. The number of aliphatic hydroxyl groups excluding tert-OH is 1. The van der Waals surface area contributed by atoms with Crippen molar-refractivity contribution in [1.82, 2.24) is 4.90 Å². The maximum Gasteiger partial charge on any atom is 0.408 e. The van der Waals surface area contributed by atoms with Gasteiger partial charge >= 0.3 is 6.09 Å². The fourth-order valence-electron chi connectivity index (χ4n) is 2.19. The number of hydrogen-bond donors (Lipinski definition) is 2. The molecule has 1 atom stereocenters. The molecular weight excluding hydrogens is 268 g/mol. The number of halogens is 2. The summed E-state index contributed by atoms with van der Waals surface area (Å²) in [5.74, 6) is -1.50. The van der Waals surface area contributed by atoms with Crippen LogP contribution in [0, 0.1) is 11.6 Å². The number of carbonyl (C=O) groups is 1. The largest absolute Gasteiger partial charge is 0.465 e. The van der Waals surface area contributed by atoms with E-state index in [1.54, 1.807) is 20.8 Å². The van der Waals surface area contributed by atoms with Crippen molar-refractivity contribution in [3.8, 4) is 0 Å². The van der Waals surface area contributed by atoms with Gasteiger partial charge in [-0.3, -0.25) is 4.90 Å². The highest BCUT2D eigenvalue weighted by molar-refractivity contribution is 5.66. The molecule has 4 nitrogen and oxygen atoms in total. The van der Waals surface area contributed by atoms with E-state index in [9.17, 15) is 23.8 Å². The zero-order valence-electron chi connectivity index (χ0n) is 11.7. The molecule has 0 aliphatic rings.